The molecule has 1 heterocycles. The van der Waals surface area contributed by atoms with Crippen molar-refractivity contribution in [3.05, 3.63) is 10.9 Å². The van der Waals surface area contributed by atoms with Crippen molar-refractivity contribution >= 4 is 31.9 Å². The van der Waals surface area contributed by atoms with Crippen LogP contribution >= 0.6 is 15.9 Å². The third kappa shape index (κ3) is 1.85. The van der Waals surface area contributed by atoms with Gasteiger partial charge in [-0.15, -0.1) is 0 Å². The average Bonchev–Trinajstić information content (AvgIpc) is 2.79. The summed E-state index contributed by atoms with van der Waals surface area (Å²) in [6, 6.07) is 0. The van der Waals surface area contributed by atoms with Crippen LogP contribution in [0.5, 0.6) is 0 Å². The van der Waals surface area contributed by atoms with E-state index >= 15 is 0 Å². The van der Waals surface area contributed by atoms with E-state index in [0.717, 1.165) is 0 Å². The third-order valence-corrected chi connectivity index (χ3v) is 4.69. The normalized spacial score (nSPS) is 18.3. The molecule has 1 aromatic heterocycles. The van der Waals surface area contributed by atoms with Crippen LogP contribution in [-0.2, 0) is 14.8 Å². The van der Waals surface area contributed by atoms with Gasteiger partial charge in [0.1, 0.15) is 10.1 Å². The zero-order valence-corrected chi connectivity index (χ0v) is 10.3. The Morgan fingerprint density at radius 3 is 2.62 bits per heavy atom. The first-order valence-electron chi connectivity index (χ1n) is 4.34. The Morgan fingerprint density at radius 2 is 2.25 bits per heavy atom. The lowest BCUT2D eigenvalue weighted by molar-refractivity contribution is -0.140. The summed E-state index contributed by atoms with van der Waals surface area (Å²) < 4.78 is 25.9. The molecule has 0 atom stereocenters. The van der Waals surface area contributed by atoms with Crippen LogP contribution in [0.3, 0.4) is 0 Å². The number of sulfonamides is 1. The molecule has 1 aliphatic carbocycles. The van der Waals surface area contributed by atoms with Gasteiger partial charge in [-0.25, -0.2) is 13.4 Å². The summed E-state index contributed by atoms with van der Waals surface area (Å²) in [6.07, 6.45) is 1.81. The standard InChI is InChI=1S/C7H8BrN3O4S/c8-4-5(10-3-9-4)16(14,15)11-7(1-2-7)6(12)13/h3,11H,1-2H2,(H,9,10)(H,12,13). The molecule has 0 unspecified atom stereocenters. The summed E-state index contributed by atoms with van der Waals surface area (Å²) in [5.74, 6) is -1.16. The number of imidazole rings is 1. The van der Waals surface area contributed by atoms with E-state index in [-0.39, 0.29) is 9.63 Å². The summed E-state index contributed by atoms with van der Waals surface area (Å²) in [7, 11) is -3.88. The van der Waals surface area contributed by atoms with Crippen LogP contribution in [0.2, 0.25) is 0 Å². The van der Waals surface area contributed by atoms with Crippen molar-refractivity contribution in [3.8, 4) is 0 Å². The number of aliphatic carboxylic acids is 1. The third-order valence-electron chi connectivity index (χ3n) is 2.32. The highest BCUT2D eigenvalue weighted by Crippen LogP contribution is 2.37. The predicted molar refractivity (Wildman–Crippen MR) is 56.2 cm³/mol. The zero-order chi connectivity index (χ0) is 12.0. The van der Waals surface area contributed by atoms with Gasteiger partial charge in [0.2, 0.25) is 0 Å². The maximum atomic E-state index is 11.8. The quantitative estimate of drug-likeness (QED) is 0.728. The van der Waals surface area contributed by atoms with Gasteiger partial charge in [-0.1, -0.05) is 0 Å². The van der Waals surface area contributed by atoms with Crippen molar-refractivity contribution in [1.29, 1.82) is 0 Å². The fourth-order valence-electron chi connectivity index (χ4n) is 1.25. The van der Waals surface area contributed by atoms with Gasteiger partial charge >= 0.3 is 5.97 Å². The molecule has 0 aromatic carbocycles. The Morgan fingerprint density at radius 1 is 1.62 bits per heavy atom. The van der Waals surface area contributed by atoms with Crippen LogP contribution in [0.1, 0.15) is 12.8 Å². The maximum absolute atomic E-state index is 11.8. The highest BCUT2D eigenvalue weighted by molar-refractivity contribution is 9.10. The molecule has 0 bridgehead atoms. The van der Waals surface area contributed by atoms with E-state index in [0.29, 0.717) is 12.8 Å². The summed E-state index contributed by atoms with van der Waals surface area (Å²) >= 11 is 2.96. The summed E-state index contributed by atoms with van der Waals surface area (Å²) in [4.78, 5) is 17.0. The molecule has 88 valence electrons. The number of aromatic amines is 1. The molecular weight excluding hydrogens is 302 g/mol. The number of hydrogen-bond acceptors (Lipinski definition) is 4. The molecule has 9 heteroatoms. The van der Waals surface area contributed by atoms with Crippen molar-refractivity contribution in [1.82, 2.24) is 14.7 Å². The van der Waals surface area contributed by atoms with Crippen molar-refractivity contribution in [2.45, 2.75) is 23.4 Å². The molecule has 1 aliphatic rings. The molecule has 1 saturated carbocycles. The zero-order valence-electron chi connectivity index (χ0n) is 7.90. The first kappa shape index (κ1) is 11.6. The Balaban J connectivity index is 2.29. The minimum Gasteiger partial charge on any atom is -0.480 e. The van der Waals surface area contributed by atoms with Gasteiger partial charge in [0.15, 0.2) is 5.03 Å². The van der Waals surface area contributed by atoms with E-state index in [1.54, 1.807) is 0 Å². The van der Waals surface area contributed by atoms with Crippen LogP contribution < -0.4 is 4.72 Å². The van der Waals surface area contributed by atoms with Gasteiger partial charge in [0, 0.05) is 0 Å². The molecule has 0 spiro atoms. The second kappa shape index (κ2) is 3.54. The monoisotopic (exact) mass is 309 g/mol. The Labute approximate surface area is 99.4 Å². The minimum absolute atomic E-state index is 0.126. The molecule has 16 heavy (non-hydrogen) atoms. The predicted octanol–water partition coefficient (Wildman–Crippen LogP) is 0.0677. The smallest absolute Gasteiger partial charge is 0.324 e. The van der Waals surface area contributed by atoms with Crippen LogP contribution in [-0.4, -0.2) is 35.0 Å². The second-order valence-electron chi connectivity index (χ2n) is 3.52. The van der Waals surface area contributed by atoms with Crippen molar-refractivity contribution in [2.75, 3.05) is 0 Å². The lowest BCUT2D eigenvalue weighted by Crippen LogP contribution is -2.43. The highest BCUT2D eigenvalue weighted by atomic mass is 79.9. The Bertz CT molecular complexity index is 534. The largest absolute Gasteiger partial charge is 0.480 e. The van der Waals surface area contributed by atoms with Gasteiger partial charge in [-0.2, -0.15) is 4.72 Å². The summed E-state index contributed by atoms with van der Waals surface area (Å²) in [5.41, 5.74) is -1.34. The summed E-state index contributed by atoms with van der Waals surface area (Å²) in [6.45, 7) is 0. The lowest BCUT2D eigenvalue weighted by atomic mass is 10.3. The minimum atomic E-state index is -3.88. The fraction of sp³-hybridized carbons (Fsp3) is 0.429. The maximum Gasteiger partial charge on any atom is 0.324 e. The number of carboxylic acid groups (broad SMARTS) is 1. The van der Waals surface area contributed by atoms with E-state index in [4.69, 9.17) is 5.11 Å². The molecule has 1 aromatic rings. The highest BCUT2D eigenvalue weighted by Gasteiger charge is 2.53. The topological polar surface area (TPSA) is 112 Å². The van der Waals surface area contributed by atoms with Gasteiger partial charge in [-0.05, 0) is 28.8 Å². The molecule has 3 N–H and O–H groups in total. The molecule has 0 saturated heterocycles. The number of hydrogen-bond donors (Lipinski definition) is 3. The van der Waals surface area contributed by atoms with Crippen LogP contribution in [0.25, 0.3) is 0 Å². The van der Waals surface area contributed by atoms with E-state index in [1.807, 2.05) is 0 Å². The summed E-state index contributed by atoms with van der Waals surface area (Å²) in [5, 5.41) is 8.70. The number of nitrogens with one attached hydrogen (secondary N) is 2. The Kier molecular flexibility index (Phi) is 2.55. The second-order valence-corrected chi connectivity index (χ2v) is 5.89. The SMILES string of the molecule is O=C(O)C1(NS(=O)(=O)c2[nH]cnc2Br)CC1. The lowest BCUT2D eigenvalue weighted by Gasteiger charge is -2.11. The molecule has 0 aliphatic heterocycles. The fourth-order valence-corrected chi connectivity index (χ4v) is 3.49. The van der Waals surface area contributed by atoms with E-state index in [2.05, 4.69) is 30.6 Å². The molecule has 7 nitrogen and oxygen atoms in total. The number of halogens is 1. The van der Waals surface area contributed by atoms with Crippen LogP contribution in [0.4, 0.5) is 0 Å². The van der Waals surface area contributed by atoms with E-state index in [1.165, 1.54) is 6.33 Å². The average molecular weight is 310 g/mol. The van der Waals surface area contributed by atoms with Gasteiger partial charge in [0.25, 0.3) is 10.0 Å². The van der Waals surface area contributed by atoms with E-state index < -0.39 is 21.5 Å². The van der Waals surface area contributed by atoms with Crippen molar-refractivity contribution in [3.63, 3.8) is 0 Å². The molecular formula is C7H8BrN3O4S. The number of carboxylic acids is 1. The first-order chi connectivity index (χ1) is 7.37. The van der Waals surface area contributed by atoms with Crippen molar-refractivity contribution in [2.24, 2.45) is 0 Å². The molecule has 2 rings (SSSR count). The first-order valence-corrected chi connectivity index (χ1v) is 6.61. The van der Waals surface area contributed by atoms with Crippen LogP contribution in [0.15, 0.2) is 16.0 Å². The number of rotatable bonds is 4. The number of nitrogens with zero attached hydrogens (tertiary/aromatic N) is 1. The number of H-pyrrole nitrogens is 1. The number of aromatic nitrogens is 2. The van der Waals surface area contributed by atoms with Crippen LogP contribution in [0, 0.1) is 0 Å². The van der Waals surface area contributed by atoms with Gasteiger partial charge < -0.3 is 10.1 Å². The molecule has 1 fully saturated rings. The molecule has 0 amide bonds. The number of carbonyl (C=O) groups is 1. The Hall–Kier alpha value is -0.930. The van der Waals surface area contributed by atoms with Gasteiger partial charge in [-0.3, -0.25) is 4.79 Å². The van der Waals surface area contributed by atoms with Gasteiger partial charge in [0.05, 0.1) is 6.33 Å². The van der Waals surface area contributed by atoms with Crippen molar-refractivity contribution < 1.29 is 18.3 Å². The molecule has 0 radical (unpaired) electrons. The van der Waals surface area contributed by atoms with E-state index in [9.17, 15) is 13.2 Å².